The van der Waals surface area contributed by atoms with Crippen molar-refractivity contribution in [2.75, 3.05) is 21.2 Å². The van der Waals surface area contributed by atoms with Gasteiger partial charge in [0.15, 0.2) is 18.9 Å². The van der Waals surface area contributed by atoms with Gasteiger partial charge >= 0.3 is 5.97 Å². The summed E-state index contributed by atoms with van der Waals surface area (Å²) in [6, 6.07) is -0.398. The summed E-state index contributed by atoms with van der Waals surface area (Å²) in [7, 11) is 5.20. The van der Waals surface area contributed by atoms with Gasteiger partial charge in [0.1, 0.15) is 35.7 Å². The van der Waals surface area contributed by atoms with Crippen LogP contribution in [0.2, 0.25) is 0 Å². The van der Waals surface area contributed by atoms with Crippen molar-refractivity contribution in [3.8, 4) is 0 Å². The van der Waals surface area contributed by atoms with Gasteiger partial charge in [-0.25, -0.2) is 0 Å². The van der Waals surface area contributed by atoms with Crippen LogP contribution in [0.3, 0.4) is 0 Å². The summed E-state index contributed by atoms with van der Waals surface area (Å²) < 4.78 is 44.2. The molecule has 4 saturated heterocycles. The molecule has 4 fully saturated rings. The lowest BCUT2D eigenvalue weighted by Gasteiger charge is -2.53. The van der Waals surface area contributed by atoms with Gasteiger partial charge in [0.2, 0.25) is 0 Å². The first-order valence-electron chi connectivity index (χ1n) is 18.5. The van der Waals surface area contributed by atoms with Crippen molar-refractivity contribution in [1.82, 2.24) is 10.2 Å². The van der Waals surface area contributed by atoms with E-state index in [1.54, 1.807) is 27.7 Å². The number of hydrogen-bond donors (Lipinski definition) is 6. The molecule has 4 aliphatic heterocycles. The van der Waals surface area contributed by atoms with Crippen LogP contribution in [-0.4, -0.2) is 154 Å². The lowest BCUT2D eigenvalue weighted by molar-refractivity contribution is -0.350. The second-order valence-corrected chi connectivity index (χ2v) is 16.5. The second-order valence-electron chi connectivity index (χ2n) is 16.5. The van der Waals surface area contributed by atoms with Crippen molar-refractivity contribution in [3.63, 3.8) is 0 Å². The first-order chi connectivity index (χ1) is 23.6. The van der Waals surface area contributed by atoms with Gasteiger partial charge in [0.25, 0.3) is 0 Å². The molecule has 0 aromatic rings. The number of carbonyl (C=O) groups is 1. The maximum Gasteiger partial charge on any atom is 0.311 e. The number of methoxy groups -OCH3 is 1. The Morgan fingerprint density at radius 3 is 2.27 bits per heavy atom. The molecule has 0 amide bonds. The fourth-order valence-corrected chi connectivity index (χ4v) is 8.63. The van der Waals surface area contributed by atoms with Crippen molar-refractivity contribution < 1.29 is 63.5 Å². The van der Waals surface area contributed by atoms with Gasteiger partial charge in [-0.2, -0.15) is 0 Å². The van der Waals surface area contributed by atoms with E-state index >= 15 is 0 Å². The average Bonchev–Trinajstić information content (AvgIpc) is 3.06. The predicted molar refractivity (Wildman–Crippen MR) is 184 cm³/mol. The largest absolute Gasteiger partial charge is 0.458 e. The van der Waals surface area contributed by atoms with E-state index in [-0.39, 0.29) is 31.0 Å². The smallest absolute Gasteiger partial charge is 0.311 e. The number of likely N-dealkylation sites (N-methyl/N-ethyl adjacent to an activating group) is 1. The summed E-state index contributed by atoms with van der Waals surface area (Å²) in [5.41, 5.74) is -4.18. The topological polar surface area (TPSA) is 198 Å². The van der Waals surface area contributed by atoms with Gasteiger partial charge in [-0.3, -0.25) is 10.1 Å². The molecule has 6 N–H and O–H groups in total. The fourth-order valence-electron chi connectivity index (χ4n) is 8.63. The molecule has 0 aromatic heterocycles. The number of ether oxygens (including phenoxy) is 7. The maximum atomic E-state index is 14.3. The van der Waals surface area contributed by atoms with Gasteiger partial charge in [-0.15, -0.1) is 0 Å². The molecule has 0 radical (unpaired) electrons. The lowest BCUT2D eigenvalue weighted by Crippen LogP contribution is -2.66. The number of aliphatic hydroxyl groups excluding tert-OH is 4. The fraction of sp³-hybridized carbons (Fsp3) is 0.972. The quantitative estimate of drug-likeness (QED) is 0.182. The van der Waals surface area contributed by atoms with E-state index in [1.165, 1.54) is 14.0 Å². The number of aliphatic hydroxyl groups is 5. The van der Waals surface area contributed by atoms with Crippen LogP contribution in [0.25, 0.3) is 0 Å². The molecule has 0 spiro atoms. The van der Waals surface area contributed by atoms with Crippen LogP contribution in [0.1, 0.15) is 88.0 Å². The highest BCUT2D eigenvalue weighted by Crippen LogP contribution is 2.44. The van der Waals surface area contributed by atoms with Crippen molar-refractivity contribution in [2.45, 2.75) is 185 Å². The minimum atomic E-state index is -1.86. The third-order valence-corrected chi connectivity index (χ3v) is 11.9. The summed E-state index contributed by atoms with van der Waals surface area (Å²) >= 11 is 0. The van der Waals surface area contributed by atoms with Crippen molar-refractivity contribution in [2.24, 2.45) is 17.8 Å². The number of cyclic esters (lactones) is 1. The summed E-state index contributed by atoms with van der Waals surface area (Å²) in [6.07, 6.45) is -10.3. The maximum absolute atomic E-state index is 14.3. The van der Waals surface area contributed by atoms with Crippen molar-refractivity contribution in [3.05, 3.63) is 0 Å². The molecule has 51 heavy (non-hydrogen) atoms. The number of esters is 1. The van der Waals surface area contributed by atoms with Crippen molar-refractivity contribution >= 4 is 5.97 Å². The SMILES string of the molecule is CC[C@@H](O)[C@@](C)(O)[C@@H]1OC(=O)[C@H](C)[C@@H](O[C@H]2C[C@@](C)(OC)[C@@H](O)[C@H](O)O2)[C@H](C)[C@@H](O[C@@H]2O[C@H](C)C[C@H](N(C)C)[C@H]2O)[C@@]2(C)C[C@@H](C)NC(O2)[C@@H]1C. The third-order valence-electron chi connectivity index (χ3n) is 11.9. The van der Waals surface area contributed by atoms with Crippen LogP contribution in [0.5, 0.6) is 0 Å². The minimum Gasteiger partial charge on any atom is -0.458 e. The average molecular weight is 735 g/mol. The van der Waals surface area contributed by atoms with Crippen LogP contribution >= 0.6 is 0 Å². The van der Waals surface area contributed by atoms with E-state index in [4.69, 9.17) is 33.2 Å². The van der Waals surface area contributed by atoms with Crippen LogP contribution in [0.4, 0.5) is 0 Å². The molecule has 4 heterocycles. The van der Waals surface area contributed by atoms with E-state index in [0.717, 1.165) is 0 Å². The molecule has 1 unspecified atom stereocenters. The second kappa shape index (κ2) is 16.4. The molecule has 0 aromatic carbocycles. The third kappa shape index (κ3) is 8.77. The summed E-state index contributed by atoms with van der Waals surface area (Å²) in [5.74, 6) is -3.07. The Balaban J connectivity index is 1.85. The molecule has 4 rings (SSSR count). The number of nitrogens with one attached hydrogen (secondary N) is 1. The molecule has 0 saturated carbocycles. The van der Waals surface area contributed by atoms with Crippen LogP contribution in [-0.2, 0) is 38.0 Å². The zero-order valence-corrected chi connectivity index (χ0v) is 32.5. The number of fused-ring (bicyclic) bond motifs is 2. The number of rotatable bonds is 9. The highest BCUT2D eigenvalue weighted by atomic mass is 16.7. The molecular weight excluding hydrogens is 668 g/mol. The Morgan fingerprint density at radius 2 is 1.69 bits per heavy atom. The Bertz CT molecular complexity index is 1160. The van der Waals surface area contributed by atoms with Gasteiger partial charge in [0.05, 0.1) is 35.9 Å². The predicted octanol–water partition coefficient (Wildman–Crippen LogP) is 0.852. The highest BCUT2D eigenvalue weighted by Gasteiger charge is 2.57. The van der Waals surface area contributed by atoms with Crippen molar-refractivity contribution in [1.29, 1.82) is 0 Å². The zero-order chi connectivity index (χ0) is 38.4. The molecule has 4 aliphatic rings. The van der Waals surface area contributed by atoms with E-state index in [2.05, 4.69) is 5.32 Å². The van der Waals surface area contributed by atoms with Crippen LogP contribution < -0.4 is 5.32 Å². The first kappa shape index (κ1) is 42.7. The van der Waals surface area contributed by atoms with Gasteiger partial charge in [0, 0.05) is 37.5 Å². The van der Waals surface area contributed by atoms with Crippen LogP contribution in [0.15, 0.2) is 0 Å². The highest BCUT2D eigenvalue weighted by molar-refractivity contribution is 5.73. The zero-order valence-electron chi connectivity index (χ0n) is 32.5. The first-order valence-corrected chi connectivity index (χ1v) is 18.5. The standard InChI is InChI=1S/C36H66N2O13/c1-13-23(39)36(9,44)29-21(6)30-37-17(2)15-35(8,51-30)28(50-33-25(40)22(38(10)11)14-18(3)46-33)19(4)26(20(5)31(42)49-29)47-24-16-34(7,45-12)27(41)32(43)48-24/h17-30,32-33,37,39-41,43-44H,13-16H2,1-12H3/t17-,18-,19+,20-,21-,22+,23-,24-,25-,26+,27+,28-,29-,30?,32-,33+,34-,35-,36-/m1/s1. The monoisotopic (exact) mass is 734 g/mol. The molecule has 0 aliphatic carbocycles. The molecule has 19 atom stereocenters. The number of hydrogen-bond acceptors (Lipinski definition) is 15. The Kier molecular flexibility index (Phi) is 13.7. The Labute approximate surface area is 303 Å². The minimum absolute atomic E-state index is 0.0125. The van der Waals surface area contributed by atoms with Gasteiger partial charge in [-0.05, 0) is 74.9 Å². The summed E-state index contributed by atoms with van der Waals surface area (Å²) in [6.45, 7) is 16.0. The normalized spacial score (nSPS) is 49.1. The molecule has 298 valence electrons. The van der Waals surface area contributed by atoms with Gasteiger partial charge in [-0.1, -0.05) is 20.8 Å². The van der Waals surface area contributed by atoms with Gasteiger partial charge < -0.3 is 63.6 Å². The summed E-state index contributed by atoms with van der Waals surface area (Å²) in [4.78, 5) is 16.2. The number of nitrogens with zero attached hydrogens (tertiary/aromatic N) is 1. The Morgan fingerprint density at radius 1 is 1.04 bits per heavy atom. The summed E-state index contributed by atoms with van der Waals surface area (Å²) in [5, 5.41) is 59.1. The lowest BCUT2D eigenvalue weighted by atomic mass is 9.77. The van der Waals surface area contributed by atoms with E-state index in [0.29, 0.717) is 12.8 Å². The Hall–Kier alpha value is -1.05. The molecule has 15 nitrogen and oxygen atoms in total. The number of carbonyl (C=O) groups excluding carboxylic acids is 1. The van der Waals surface area contributed by atoms with E-state index in [1.807, 2.05) is 46.7 Å². The van der Waals surface area contributed by atoms with E-state index < -0.39 is 102 Å². The molecular formula is C36H66N2O13. The van der Waals surface area contributed by atoms with E-state index in [9.17, 15) is 30.3 Å². The molecule has 2 bridgehead atoms. The molecule has 15 heteroatoms. The van der Waals surface area contributed by atoms with Crippen LogP contribution in [0, 0.1) is 17.8 Å².